The van der Waals surface area contributed by atoms with E-state index >= 15 is 0 Å². The van der Waals surface area contributed by atoms with Gasteiger partial charge in [-0.1, -0.05) is 20.3 Å². The molecule has 1 rings (SSSR count). The van der Waals surface area contributed by atoms with Crippen LogP contribution in [0.1, 0.15) is 43.4 Å². The summed E-state index contributed by atoms with van der Waals surface area (Å²) in [6.45, 7) is 8.32. The van der Waals surface area contributed by atoms with Crippen molar-refractivity contribution >= 4 is 0 Å². The SMILES string of the molecule is CCC(C)[C@@H](N)c1cc(C)c(C)o1. The van der Waals surface area contributed by atoms with Crippen molar-refractivity contribution in [3.63, 3.8) is 0 Å². The predicted molar refractivity (Wildman–Crippen MR) is 54.6 cm³/mol. The lowest BCUT2D eigenvalue weighted by molar-refractivity contribution is 0.368. The first kappa shape index (κ1) is 10.3. The van der Waals surface area contributed by atoms with Crippen molar-refractivity contribution in [2.45, 2.75) is 40.2 Å². The Morgan fingerprint density at radius 2 is 2.08 bits per heavy atom. The largest absolute Gasteiger partial charge is 0.464 e. The maximum absolute atomic E-state index is 6.04. The van der Waals surface area contributed by atoms with Crippen molar-refractivity contribution in [3.05, 3.63) is 23.2 Å². The van der Waals surface area contributed by atoms with E-state index in [0.717, 1.165) is 17.9 Å². The van der Waals surface area contributed by atoms with Gasteiger partial charge in [-0.3, -0.25) is 0 Å². The molecule has 2 heteroatoms. The van der Waals surface area contributed by atoms with E-state index in [4.69, 9.17) is 10.2 Å². The Morgan fingerprint density at radius 1 is 1.46 bits per heavy atom. The Kier molecular flexibility index (Phi) is 3.15. The van der Waals surface area contributed by atoms with Crippen molar-refractivity contribution in [1.29, 1.82) is 0 Å². The van der Waals surface area contributed by atoms with Crippen LogP contribution < -0.4 is 5.73 Å². The molecule has 13 heavy (non-hydrogen) atoms. The van der Waals surface area contributed by atoms with Crippen LogP contribution in [0.3, 0.4) is 0 Å². The van der Waals surface area contributed by atoms with Gasteiger partial charge in [0.2, 0.25) is 0 Å². The van der Waals surface area contributed by atoms with E-state index in [2.05, 4.69) is 13.8 Å². The van der Waals surface area contributed by atoms with Gasteiger partial charge in [0.15, 0.2) is 0 Å². The number of nitrogens with two attached hydrogens (primary N) is 1. The van der Waals surface area contributed by atoms with Gasteiger partial charge in [0.25, 0.3) is 0 Å². The first-order chi connectivity index (χ1) is 6.06. The number of hydrogen-bond acceptors (Lipinski definition) is 2. The zero-order valence-electron chi connectivity index (χ0n) is 8.92. The van der Waals surface area contributed by atoms with Crippen LogP contribution in [0.2, 0.25) is 0 Å². The van der Waals surface area contributed by atoms with Crippen LogP contribution in [0.15, 0.2) is 10.5 Å². The van der Waals surface area contributed by atoms with Gasteiger partial charge in [-0.25, -0.2) is 0 Å². The molecular weight excluding hydrogens is 162 g/mol. The maximum atomic E-state index is 6.04. The van der Waals surface area contributed by atoms with Gasteiger partial charge in [0.1, 0.15) is 11.5 Å². The second-order valence-electron chi connectivity index (χ2n) is 3.80. The first-order valence-electron chi connectivity index (χ1n) is 4.88. The number of rotatable bonds is 3. The van der Waals surface area contributed by atoms with Gasteiger partial charge in [0.05, 0.1) is 6.04 Å². The average Bonchev–Trinajstić information content (AvgIpc) is 2.44. The molecule has 0 spiro atoms. The summed E-state index contributed by atoms with van der Waals surface area (Å²) >= 11 is 0. The standard InChI is InChI=1S/C11H19NO/c1-5-7(2)11(12)10-6-8(3)9(4)13-10/h6-7,11H,5,12H2,1-4H3/t7?,11-/m1/s1. The highest BCUT2D eigenvalue weighted by Gasteiger charge is 2.17. The molecule has 1 aromatic rings. The van der Waals surface area contributed by atoms with Crippen LogP contribution in [0.5, 0.6) is 0 Å². The summed E-state index contributed by atoms with van der Waals surface area (Å²) in [5.41, 5.74) is 7.23. The Balaban J connectivity index is 2.82. The second-order valence-corrected chi connectivity index (χ2v) is 3.80. The van der Waals surface area contributed by atoms with Crippen LogP contribution in [-0.2, 0) is 0 Å². The minimum atomic E-state index is 0.0393. The third-order valence-corrected chi connectivity index (χ3v) is 2.77. The summed E-state index contributed by atoms with van der Waals surface area (Å²) in [5, 5.41) is 0. The zero-order valence-corrected chi connectivity index (χ0v) is 8.92. The third-order valence-electron chi connectivity index (χ3n) is 2.77. The molecular formula is C11H19NO. The summed E-state index contributed by atoms with van der Waals surface area (Å²) in [6, 6.07) is 2.09. The van der Waals surface area contributed by atoms with Crippen LogP contribution >= 0.6 is 0 Å². The molecule has 2 N–H and O–H groups in total. The fraction of sp³-hybridized carbons (Fsp3) is 0.636. The molecule has 1 aromatic heterocycles. The van der Waals surface area contributed by atoms with Crippen LogP contribution in [0.4, 0.5) is 0 Å². The Morgan fingerprint density at radius 3 is 2.46 bits per heavy atom. The average molecular weight is 181 g/mol. The second kappa shape index (κ2) is 3.97. The molecule has 0 amide bonds. The van der Waals surface area contributed by atoms with Gasteiger partial charge in [0, 0.05) is 0 Å². The zero-order chi connectivity index (χ0) is 10.0. The van der Waals surface area contributed by atoms with Crippen molar-refractivity contribution in [2.75, 3.05) is 0 Å². The van der Waals surface area contributed by atoms with E-state index in [1.807, 2.05) is 19.9 Å². The molecule has 0 bridgehead atoms. The van der Waals surface area contributed by atoms with E-state index in [1.165, 1.54) is 5.56 Å². The van der Waals surface area contributed by atoms with Crippen molar-refractivity contribution in [1.82, 2.24) is 0 Å². The van der Waals surface area contributed by atoms with E-state index in [-0.39, 0.29) is 6.04 Å². The monoisotopic (exact) mass is 181 g/mol. The molecule has 0 saturated heterocycles. The molecule has 0 aromatic carbocycles. The van der Waals surface area contributed by atoms with Crippen LogP contribution in [-0.4, -0.2) is 0 Å². The number of aryl methyl sites for hydroxylation is 2. The summed E-state index contributed by atoms with van der Waals surface area (Å²) in [6.07, 6.45) is 1.08. The highest BCUT2D eigenvalue weighted by atomic mass is 16.3. The molecule has 2 atom stereocenters. The fourth-order valence-electron chi connectivity index (χ4n) is 1.30. The Hall–Kier alpha value is -0.760. The highest BCUT2D eigenvalue weighted by Crippen LogP contribution is 2.25. The van der Waals surface area contributed by atoms with Crippen molar-refractivity contribution in [3.8, 4) is 0 Å². The fourth-order valence-corrected chi connectivity index (χ4v) is 1.30. The van der Waals surface area contributed by atoms with Gasteiger partial charge < -0.3 is 10.2 Å². The van der Waals surface area contributed by atoms with E-state index in [1.54, 1.807) is 0 Å². The molecule has 1 unspecified atom stereocenters. The molecule has 0 aliphatic carbocycles. The normalized spacial score (nSPS) is 15.8. The maximum Gasteiger partial charge on any atom is 0.121 e. The summed E-state index contributed by atoms with van der Waals surface area (Å²) in [4.78, 5) is 0. The first-order valence-corrected chi connectivity index (χ1v) is 4.88. The van der Waals surface area contributed by atoms with Gasteiger partial charge >= 0.3 is 0 Å². The smallest absolute Gasteiger partial charge is 0.121 e. The summed E-state index contributed by atoms with van der Waals surface area (Å²) < 4.78 is 5.57. The van der Waals surface area contributed by atoms with Crippen LogP contribution in [0.25, 0.3) is 0 Å². The lowest BCUT2D eigenvalue weighted by atomic mass is 9.98. The molecule has 0 fully saturated rings. The molecule has 1 heterocycles. The Labute approximate surface area is 80.1 Å². The lowest BCUT2D eigenvalue weighted by Crippen LogP contribution is -2.17. The molecule has 0 aliphatic heterocycles. The molecule has 0 radical (unpaired) electrons. The van der Waals surface area contributed by atoms with E-state index in [9.17, 15) is 0 Å². The van der Waals surface area contributed by atoms with Crippen molar-refractivity contribution < 1.29 is 4.42 Å². The van der Waals surface area contributed by atoms with E-state index in [0.29, 0.717) is 5.92 Å². The predicted octanol–water partition coefficient (Wildman–Crippen LogP) is 2.94. The highest BCUT2D eigenvalue weighted by molar-refractivity contribution is 5.20. The summed E-state index contributed by atoms with van der Waals surface area (Å²) in [7, 11) is 0. The molecule has 2 nitrogen and oxygen atoms in total. The third kappa shape index (κ3) is 2.13. The summed E-state index contributed by atoms with van der Waals surface area (Å²) in [5.74, 6) is 2.38. The molecule has 0 saturated carbocycles. The van der Waals surface area contributed by atoms with Crippen molar-refractivity contribution in [2.24, 2.45) is 11.7 Å². The number of hydrogen-bond donors (Lipinski definition) is 1. The van der Waals surface area contributed by atoms with Gasteiger partial charge in [-0.15, -0.1) is 0 Å². The van der Waals surface area contributed by atoms with E-state index < -0.39 is 0 Å². The minimum absolute atomic E-state index is 0.0393. The van der Waals surface area contributed by atoms with Gasteiger partial charge in [-0.2, -0.15) is 0 Å². The number of furan rings is 1. The Bertz CT molecular complexity index is 258. The minimum Gasteiger partial charge on any atom is -0.464 e. The molecule has 74 valence electrons. The van der Waals surface area contributed by atoms with Gasteiger partial charge in [-0.05, 0) is 31.4 Å². The lowest BCUT2D eigenvalue weighted by Gasteiger charge is -2.15. The quantitative estimate of drug-likeness (QED) is 0.778. The van der Waals surface area contributed by atoms with Crippen LogP contribution in [0, 0.1) is 19.8 Å². The topological polar surface area (TPSA) is 39.2 Å². The molecule has 0 aliphatic rings.